The molecule has 0 fully saturated rings. The molecule has 0 saturated carbocycles. The maximum atomic E-state index is 11.3. The van der Waals surface area contributed by atoms with E-state index in [1.807, 2.05) is 17.5 Å². The third kappa shape index (κ3) is 4.30. The van der Waals surface area contributed by atoms with Gasteiger partial charge in [-0.3, -0.25) is 4.79 Å². The summed E-state index contributed by atoms with van der Waals surface area (Å²) in [6.45, 7) is 1.47. The minimum Gasteiger partial charge on any atom is -0.469 e. The van der Waals surface area contributed by atoms with Crippen molar-refractivity contribution in [3.63, 3.8) is 0 Å². The number of methoxy groups -OCH3 is 1. The van der Waals surface area contributed by atoms with Crippen molar-refractivity contribution < 1.29 is 9.53 Å². The standard InChI is InChI=1S/C11H18N2O2S/c1-15-11(14)8-9(13-6-3-5-12)10-4-2-7-16-10/h2,4,7,9,13H,3,5-6,8,12H2,1H3. The number of hydrogen-bond donors (Lipinski definition) is 2. The predicted molar refractivity (Wildman–Crippen MR) is 65.4 cm³/mol. The molecule has 5 heteroatoms. The number of nitrogens with one attached hydrogen (secondary N) is 1. The zero-order chi connectivity index (χ0) is 11.8. The summed E-state index contributed by atoms with van der Waals surface area (Å²) in [5.41, 5.74) is 5.43. The average Bonchev–Trinajstić information content (AvgIpc) is 2.81. The average molecular weight is 242 g/mol. The van der Waals surface area contributed by atoms with E-state index in [2.05, 4.69) is 10.1 Å². The van der Waals surface area contributed by atoms with Gasteiger partial charge in [0, 0.05) is 4.88 Å². The Hall–Kier alpha value is -0.910. The fourth-order valence-corrected chi connectivity index (χ4v) is 2.19. The Kier molecular flexibility index (Phi) is 6.07. The van der Waals surface area contributed by atoms with E-state index in [0.717, 1.165) is 17.8 Å². The normalized spacial score (nSPS) is 12.4. The van der Waals surface area contributed by atoms with Gasteiger partial charge in [0.1, 0.15) is 0 Å². The van der Waals surface area contributed by atoms with Crippen molar-refractivity contribution >= 4 is 17.3 Å². The Morgan fingerprint density at radius 3 is 3.06 bits per heavy atom. The summed E-state index contributed by atoms with van der Waals surface area (Å²) in [4.78, 5) is 12.4. The van der Waals surface area contributed by atoms with E-state index >= 15 is 0 Å². The van der Waals surface area contributed by atoms with Crippen LogP contribution in [0.3, 0.4) is 0 Å². The lowest BCUT2D eigenvalue weighted by atomic mass is 10.1. The quantitative estimate of drug-likeness (QED) is 0.558. The first kappa shape index (κ1) is 13.2. The molecule has 0 amide bonds. The van der Waals surface area contributed by atoms with Gasteiger partial charge in [0.2, 0.25) is 0 Å². The summed E-state index contributed by atoms with van der Waals surface area (Å²) in [7, 11) is 1.41. The molecule has 90 valence electrons. The molecule has 0 bridgehead atoms. The first-order valence-corrected chi connectivity index (χ1v) is 6.19. The van der Waals surface area contributed by atoms with E-state index in [9.17, 15) is 4.79 Å². The second-order valence-corrected chi connectivity index (χ2v) is 4.42. The highest BCUT2D eigenvalue weighted by atomic mass is 32.1. The van der Waals surface area contributed by atoms with Gasteiger partial charge in [-0.25, -0.2) is 0 Å². The van der Waals surface area contributed by atoms with Crippen LogP contribution in [0.25, 0.3) is 0 Å². The van der Waals surface area contributed by atoms with Crippen molar-refractivity contribution in [2.45, 2.75) is 18.9 Å². The number of nitrogens with two attached hydrogens (primary N) is 1. The SMILES string of the molecule is COC(=O)CC(NCCCN)c1cccs1. The summed E-state index contributed by atoms with van der Waals surface area (Å²) in [5, 5.41) is 5.32. The Balaban J connectivity index is 2.52. The van der Waals surface area contributed by atoms with Gasteiger partial charge in [0.25, 0.3) is 0 Å². The highest BCUT2D eigenvalue weighted by Crippen LogP contribution is 2.22. The molecule has 3 N–H and O–H groups in total. The van der Waals surface area contributed by atoms with Gasteiger partial charge >= 0.3 is 5.97 Å². The molecule has 0 spiro atoms. The molecule has 1 aromatic rings. The summed E-state index contributed by atoms with van der Waals surface area (Å²) in [6.07, 6.45) is 1.27. The second kappa shape index (κ2) is 7.38. The van der Waals surface area contributed by atoms with Crippen molar-refractivity contribution in [3.05, 3.63) is 22.4 Å². The molecule has 1 rings (SSSR count). The van der Waals surface area contributed by atoms with Crippen LogP contribution in [0.4, 0.5) is 0 Å². The minimum absolute atomic E-state index is 0.0407. The smallest absolute Gasteiger partial charge is 0.307 e. The number of carbonyl (C=O) groups excluding carboxylic acids is 1. The lowest BCUT2D eigenvalue weighted by Gasteiger charge is -2.15. The van der Waals surface area contributed by atoms with Gasteiger partial charge in [0.15, 0.2) is 0 Å². The van der Waals surface area contributed by atoms with Crippen molar-refractivity contribution in [2.75, 3.05) is 20.2 Å². The van der Waals surface area contributed by atoms with E-state index in [1.165, 1.54) is 7.11 Å². The summed E-state index contributed by atoms with van der Waals surface area (Å²) in [6, 6.07) is 4.04. The van der Waals surface area contributed by atoms with E-state index < -0.39 is 0 Å². The number of esters is 1. The maximum Gasteiger partial charge on any atom is 0.307 e. The van der Waals surface area contributed by atoms with Crippen molar-refractivity contribution in [3.8, 4) is 0 Å². The molecular weight excluding hydrogens is 224 g/mol. The lowest BCUT2D eigenvalue weighted by molar-refractivity contribution is -0.141. The number of rotatable bonds is 7. The van der Waals surface area contributed by atoms with Crippen LogP contribution in [0.5, 0.6) is 0 Å². The van der Waals surface area contributed by atoms with Gasteiger partial charge in [0.05, 0.1) is 19.6 Å². The lowest BCUT2D eigenvalue weighted by Crippen LogP contribution is -2.26. The molecule has 0 aromatic carbocycles. The molecule has 0 aliphatic carbocycles. The molecule has 16 heavy (non-hydrogen) atoms. The Morgan fingerprint density at radius 1 is 1.69 bits per heavy atom. The largest absolute Gasteiger partial charge is 0.469 e. The van der Waals surface area contributed by atoms with Crippen LogP contribution in [0, 0.1) is 0 Å². The summed E-state index contributed by atoms with van der Waals surface area (Å²) < 4.78 is 4.69. The monoisotopic (exact) mass is 242 g/mol. The molecule has 1 atom stereocenters. The van der Waals surface area contributed by atoms with Crippen LogP contribution in [0.1, 0.15) is 23.8 Å². The first-order valence-electron chi connectivity index (χ1n) is 5.31. The highest BCUT2D eigenvalue weighted by Gasteiger charge is 2.16. The van der Waals surface area contributed by atoms with Crippen molar-refractivity contribution in [2.24, 2.45) is 5.73 Å². The van der Waals surface area contributed by atoms with Gasteiger partial charge in [-0.1, -0.05) is 6.07 Å². The number of hydrogen-bond acceptors (Lipinski definition) is 5. The molecule has 0 aliphatic rings. The molecule has 1 heterocycles. The van der Waals surface area contributed by atoms with Crippen molar-refractivity contribution in [1.29, 1.82) is 0 Å². The Morgan fingerprint density at radius 2 is 2.50 bits per heavy atom. The van der Waals surface area contributed by atoms with Gasteiger partial charge in [-0.2, -0.15) is 0 Å². The topological polar surface area (TPSA) is 64.3 Å². The molecule has 0 saturated heterocycles. The molecule has 0 radical (unpaired) electrons. The van der Waals surface area contributed by atoms with E-state index in [0.29, 0.717) is 13.0 Å². The zero-order valence-corrected chi connectivity index (χ0v) is 10.3. The van der Waals surface area contributed by atoms with Gasteiger partial charge < -0.3 is 15.8 Å². The fourth-order valence-electron chi connectivity index (χ4n) is 1.39. The van der Waals surface area contributed by atoms with Crippen LogP contribution in [0.15, 0.2) is 17.5 Å². The minimum atomic E-state index is -0.196. The maximum absolute atomic E-state index is 11.3. The summed E-state index contributed by atoms with van der Waals surface area (Å²) in [5.74, 6) is -0.196. The van der Waals surface area contributed by atoms with Gasteiger partial charge in [-0.15, -0.1) is 11.3 Å². The van der Waals surface area contributed by atoms with Crippen LogP contribution >= 0.6 is 11.3 Å². The Labute approximate surface area is 99.8 Å². The van der Waals surface area contributed by atoms with Crippen LogP contribution < -0.4 is 11.1 Å². The molecule has 0 aliphatic heterocycles. The van der Waals surface area contributed by atoms with Crippen LogP contribution in [0.2, 0.25) is 0 Å². The van der Waals surface area contributed by atoms with E-state index in [4.69, 9.17) is 5.73 Å². The third-order valence-corrected chi connectivity index (χ3v) is 3.24. The second-order valence-electron chi connectivity index (χ2n) is 3.44. The van der Waals surface area contributed by atoms with Crippen molar-refractivity contribution in [1.82, 2.24) is 5.32 Å². The molecular formula is C11H18N2O2S. The highest BCUT2D eigenvalue weighted by molar-refractivity contribution is 7.10. The van der Waals surface area contributed by atoms with E-state index in [1.54, 1.807) is 11.3 Å². The molecule has 4 nitrogen and oxygen atoms in total. The molecule has 1 unspecified atom stereocenters. The van der Waals surface area contributed by atoms with Crippen LogP contribution in [-0.2, 0) is 9.53 Å². The van der Waals surface area contributed by atoms with Gasteiger partial charge in [-0.05, 0) is 31.0 Å². The zero-order valence-electron chi connectivity index (χ0n) is 9.44. The summed E-state index contributed by atoms with van der Waals surface area (Å²) >= 11 is 1.64. The number of ether oxygens (including phenoxy) is 1. The fraction of sp³-hybridized carbons (Fsp3) is 0.545. The predicted octanol–water partition coefficient (Wildman–Crippen LogP) is 1.29. The Bertz CT molecular complexity index is 301. The molecule has 1 aromatic heterocycles. The number of thiophene rings is 1. The first-order chi connectivity index (χ1) is 7.77. The van der Waals surface area contributed by atoms with Crippen LogP contribution in [-0.4, -0.2) is 26.2 Å². The van der Waals surface area contributed by atoms with E-state index in [-0.39, 0.29) is 12.0 Å². The number of carbonyl (C=O) groups is 1. The third-order valence-electron chi connectivity index (χ3n) is 2.26.